The molecule has 1 aliphatic rings. The molecule has 0 saturated heterocycles. The first kappa shape index (κ1) is 15.3. The van der Waals surface area contributed by atoms with Gasteiger partial charge in [-0.2, -0.15) is 0 Å². The summed E-state index contributed by atoms with van der Waals surface area (Å²) in [5.74, 6) is 0. The van der Waals surface area contributed by atoms with Gasteiger partial charge in [-0.25, -0.2) is 0 Å². The number of aromatic nitrogens is 1. The van der Waals surface area contributed by atoms with Crippen molar-refractivity contribution in [1.29, 1.82) is 0 Å². The van der Waals surface area contributed by atoms with Crippen LogP contribution in [0, 0.1) is 6.92 Å². The van der Waals surface area contributed by atoms with Crippen LogP contribution in [0.4, 0.5) is 0 Å². The average Bonchev–Trinajstić information content (AvgIpc) is 2.94. The Morgan fingerprint density at radius 2 is 1.46 bits per heavy atom. The number of benzene rings is 2. The first-order valence-electron chi connectivity index (χ1n) is 9.10. The first-order chi connectivity index (χ1) is 11.8. The average molecular weight is 315 g/mol. The summed E-state index contributed by atoms with van der Waals surface area (Å²) in [6.07, 6.45) is 5.05. The molecule has 1 heteroatoms. The Morgan fingerprint density at radius 3 is 2.17 bits per heavy atom. The van der Waals surface area contributed by atoms with Gasteiger partial charge in [0, 0.05) is 17.0 Å². The lowest BCUT2D eigenvalue weighted by Crippen LogP contribution is -2.14. The molecule has 24 heavy (non-hydrogen) atoms. The highest BCUT2D eigenvalue weighted by Gasteiger charge is 2.26. The molecule has 2 aromatic carbocycles. The normalized spacial score (nSPS) is 15.1. The van der Waals surface area contributed by atoms with Gasteiger partial charge in [-0.05, 0) is 56.2 Å². The predicted molar refractivity (Wildman–Crippen MR) is 102 cm³/mol. The summed E-state index contributed by atoms with van der Waals surface area (Å²) in [5.41, 5.74) is 8.81. The Labute approximate surface area is 145 Å². The Bertz CT molecular complexity index is 827. The molecule has 0 radical (unpaired) electrons. The summed E-state index contributed by atoms with van der Waals surface area (Å²) < 4.78 is 2.60. The van der Waals surface area contributed by atoms with Gasteiger partial charge in [0.1, 0.15) is 0 Å². The van der Waals surface area contributed by atoms with Crippen LogP contribution in [0.2, 0.25) is 0 Å². The van der Waals surface area contributed by atoms with Crippen molar-refractivity contribution in [3.8, 4) is 11.1 Å². The van der Waals surface area contributed by atoms with Crippen LogP contribution in [0.1, 0.15) is 48.3 Å². The highest BCUT2D eigenvalue weighted by molar-refractivity contribution is 5.72. The van der Waals surface area contributed by atoms with Crippen molar-refractivity contribution < 1.29 is 0 Å². The second-order valence-corrected chi connectivity index (χ2v) is 6.92. The van der Waals surface area contributed by atoms with Gasteiger partial charge in [-0.1, -0.05) is 60.7 Å². The highest BCUT2D eigenvalue weighted by atomic mass is 15.0. The molecule has 1 aromatic heterocycles. The zero-order valence-corrected chi connectivity index (χ0v) is 14.6. The van der Waals surface area contributed by atoms with Crippen molar-refractivity contribution in [1.82, 2.24) is 4.57 Å². The van der Waals surface area contributed by atoms with Crippen LogP contribution < -0.4 is 0 Å². The Morgan fingerprint density at radius 1 is 0.833 bits per heavy atom. The summed E-state index contributed by atoms with van der Waals surface area (Å²) in [6, 6.07) is 22.2. The zero-order chi connectivity index (χ0) is 16.5. The largest absolute Gasteiger partial charge is 0.341 e. The maximum atomic E-state index is 2.60. The van der Waals surface area contributed by atoms with Crippen LogP contribution >= 0.6 is 0 Å². The highest BCUT2D eigenvalue weighted by Crippen LogP contribution is 2.39. The van der Waals surface area contributed by atoms with E-state index in [4.69, 9.17) is 0 Å². The zero-order valence-electron chi connectivity index (χ0n) is 14.6. The molecule has 0 fully saturated rings. The van der Waals surface area contributed by atoms with Crippen molar-refractivity contribution in [2.45, 2.75) is 45.6 Å². The van der Waals surface area contributed by atoms with E-state index in [0.29, 0.717) is 6.04 Å². The fourth-order valence-electron chi connectivity index (χ4n) is 4.36. The van der Waals surface area contributed by atoms with Gasteiger partial charge >= 0.3 is 0 Å². The second kappa shape index (κ2) is 6.32. The summed E-state index contributed by atoms with van der Waals surface area (Å²) in [4.78, 5) is 0. The second-order valence-electron chi connectivity index (χ2n) is 6.92. The lowest BCUT2D eigenvalue weighted by molar-refractivity contribution is 0.563. The van der Waals surface area contributed by atoms with E-state index in [-0.39, 0.29) is 0 Å². The number of hydrogen-bond donors (Lipinski definition) is 0. The van der Waals surface area contributed by atoms with Gasteiger partial charge in [0.25, 0.3) is 0 Å². The number of nitrogens with zero attached hydrogens (tertiary/aromatic N) is 1. The van der Waals surface area contributed by atoms with E-state index in [1.165, 1.54) is 48.1 Å². The van der Waals surface area contributed by atoms with Gasteiger partial charge in [0.05, 0.1) is 6.04 Å². The third-order valence-corrected chi connectivity index (χ3v) is 5.49. The van der Waals surface area contributed by atoms with Crippen LogP contribution in [0.25, 0.3) is 11.1 Å². The van der Waals surface area contributed by atoms with Crippen molar-refractivity contribution in [3.05, 3.63) is 83.2 Å². The van der Waals surface area contributed by atoms with E-state index in [1.807, 2.05) is 0 Å². The molecule has 1 aliphatic carbocycles. The minimum Gasteiger partial charge on any atom is -0.341 e. The lowest BCUT2D eigenvalue weighted by atomic mass is 9.91. The molecule has 4 rings (SSSR count). The van der Waals surface area contributed by atoms with Crippen molar-refractivity contribution in [3.63, 3.8) is 0 Å². The van der Waals surface area contributed by atoms with E-state index in [9.17, 15) is 0 Å². The van der Waals surface area contributed by atoms with Crippen molar-refractivity contribution in [2.24, 2.45) is 0 Å². The lowest BCUT2D eigenvalue weighted by Gasteiger charge is -2.22. The number of hydrogen-bond acceptors (Lipinski definition) is 0. The molecular weight excluding hydrogens is 290 g/mol. The van der Waals surface area contributed by atoms with Gasteiger partial charge < -0.3 is 4.57 Å². The molecule has 1 atom stereocenters. The molecule has 0 spiro atoms. The van der Waals surface area contributed by atoms with Gasteiger partial charge in [0.2, 0.25) is 0 Å². The Balaban J connectivity index is 1.91. The standard InChI is InChI=1S/C23H25N/c1-17(19-11-5-3-6-12-19)24-18(2)23(20-13-7-4-8-14-20)21-15-9-10-16-22(21)24/h3-8,11-14,17H,9-10,15-16H2,1-2H3/t17-/m1/s1. The maximum Gasteiger partial charge on any atom is 0.0557 e. The fraction of sp³-hybridized carbons (Fsp3) is 0.304. The van der Waals surface area contributed by atoms with Gasteiger partial charge in [0.15, 0.2) is 0 Å². The number of fused-ring (bicyclic) bond motifs is 1. The fourth-order valence-corrected chi connectivity index (χ4v) is 4.36. The molecule has 0 bridgehead atoms. The third-order valence-electron chi connectivity index (χ3n) is 5.49. The molecule has 3 aromatic rings. The van der Waals surface area contributed by atoms with Crippen LogP contribution in [0.5, 0.6) is 0 Å². The summed E-state index contributed by atoms with van der Waals surface area (Å²) in [6.45, 7) is 4.64. The van der Waals surface area contributed by atoms with E-state index >= 15 is 0 Å². The Kier molecular flexibility index (Phi) is 4.02. The van der Waals surface area contributed by atoms with Gasteiger partial charge in [-0.3, -0.25) is 0 Å². The third kappa shape index (κ3) is 2.49. The minimum atomic E-state index is 0.385. The molecule has 0 amide bonds. The van der Waals surface area contributed by atoms with Crippen molar-refractivity contribution in [2.75, 3.05) is 0 Å². The maximum absolute atomic E-state index is 2.60. The summed E-state index contributed by atoms with van der Waals surface area (Å²) >= 11 is 0. The molecule has 0 N–H and O–H groups in total. The molecule has 122 valence electrons. The SMILES string of the molecule is Cc1c(-c2ccccc2)c2c(n1[C@H](C)c1ccccc1)CCCC2. The Hall–Kier alpha value is -2.28. The predicted octanol–water partition coefficient (Wildman–Crippen LogP) is 5.95. The van der Waals surface area contributed by atoms with Gasteiger partial charge in [-0.15, -0.1) is 0 Å². The van der Waals surface area contributed by atoms with Crippen LogP contribution in [0.15, 0.2) is 60.7 Å². The van der Waals surface area contributed by atoms with E-state index < -0.39 is 0 Å². The first-order valence-corrected chi connectivity index (χ1v) is 9.10. The molecule has 0 aliphatic heterocycles. The topological polar surface area (TPSA) is 4.93 Å². The smallest absolute Gasteiger partial charge is 0.0557 e. The molecular formula is C23H25N. The summed E-state index contributed by atoms with van der Waals surface area (Å²) in [7, 11) is 0. The molecule has 0 unspecified atom stereocenters. The van der Waals surface area contributed by atoms with E-state index in [1.54, 1.807) is 11.3 Å². The van der Waals surface area contributed by atoms with E-state index in [0.717, 1.165) is 0 Å². The van der Waals surface area contributed by atoms with Crippen molar-refractivity contribution >= 4 is 0 Å². The monoisotopic (exact) mass is 315 g/mol. The molecule has 1 heterocycles. The quantitative estimate of drug-likeness (QED) is 0.562. The molecule has 0 saturated carbocycles. The summed E-state index contributed by atoms with van der Waals surface area (Å²) in [5, 5.41) is 0. The van der Waals surface area contributed by atoms with Crippen LogP contribution in [-0.2, 0) is 12.8 Å². The van der Waals surface area contributed by atoms with Crippen LogP contribution in [-0.4, -0.2) is 4.57 Å². The minimum absolute atomic E-state index is 0.385. The van der Waals surface area contributed by atoms with Crippen LogP contribution in [0.3, 0.4) is 0 Å². The van der Waals surface area contributed by atoms with E-state index in [2.05, 4.69) is 79.1 Å². The molecule has 1 nitrogen and oxygen atoms in total. The number of rotatable bonds is 3.